The summed E-state index contributed by atoms with van der Waals surface area (Å²) >= 11 is 0. The van der Waals surface area contributed by atoms with E-state index in [4.69, 9.17) is 9.84 Å². The summed E-state index contributed by atoms with van der Waals surface area (Å²) in [5.74, 6) is 0.595. The highest BCUT2D eigenvalue weighted by molar-refractivity contribution is 5.81. The van der Waals surface area contributed by atoms with Crippen molar-refractivity contribution < 1.29 is 19.4 Å². The molecule has 27 heavy (non-hydrogen) atoms. The van der Waals surface area contributed by atoms with Gasteiger partial charge < -0.3 is 9.84 Å². The average molecular weight is 375 g/mol. The number of aldehydes is 1. The predicted octanol–water partition coefficient (Wildman–Crippen LogP) is 4.70. The van der Waals surface area contributed by atoms with Crippen LogP contribution in [0.25, 0.3) is 0 Å². The van der Waals surface area contributed by atoms with Crippen LogP contribution in [-0.4, -0.2) is 29.9 Å². The van der Waals surface area contributed by atoms with Gasteiger partial charge >= 0.3 is 0 Å². The number of carbonyl (C=O) groups excluding carboxylic acids is 2. The predicted molar refractivity (Wildman–Crippen MR) is 109 cm³/mol. The standard InChI is InChI=1S/C23H34O4/c1-17(10-12-21-13-11-19(3)23(16-25)27-21)8-6-5-7-9-18(2)14-20(4)22(26)15-24/h5-9,16,18,20-21,24H,10-15H2,1-4H3/b6-5+,9-7+,17-8+/t18-,20-,21-/m1/s1. The molecule has 0 saturated carbocycles. The summed E-state index contributed by atoms with van der Waals surface area (Å²) in [4.78, 5) is 22.4. The van der Waals surface area contributed by atoms with Crippen LogP contribution in [0.4, 0.5) is 0 Å². The van der Waals surface area contributed by atoms with Gasteiger partial charge in [0.05, 0.1) is 6.10 Å². The topological polar surface area (TPSA) is 63.6 Å². The van der Waals surface area contributed by atoms with Crippen LogP contribution in [-0.2, 0) is 14.3 Å². The van der Waals surface area contributed by atoms with Gasteiger partial charge in [-0.25, -0.2) is 0 Å². The molecule has 1 heterocycles. The molecule has 0 amide bonds. The van der Waals surface area contributed by atoms with Gasteiger partial charge in [0.1, 0.15) is 6.61 Å². The normalized spacial score (nSPS) is 20.8. The summed E-state index contributed by atoms with van der Waals surface area (Å²) in [7, 11) is 0. The van der Waals surface area contributed by atoms with Crippen LogP contribution < -0.4 is 0 Å². The van der Waals surface area contributed by atoms with E-state index in [1.54, 1.807) is 0 Å². The first-order chi connectivity index (χ1) is 12.9. The SMILES string of the molecule is CC1=C(C=O)O[C@H](CC/C(C)=C/C=C/C=C/[C@@H](C)C[C@@H](C)C(=O)CO)CC1. The van der Waals surface area contributed by atoms with Crippen molar-refractivity contribution >= 4 is 12.1 Å². The Bertz CT molecular complexity index is 610. The second-order valence-corrected chi connectivity index (χ2v) is 7.60. The molecule has 0 saturated heterocycles. The fourth-order valence-corrected chi connectivity index (χ4v) is 3.10. The molecule has 1 aliphatic rings. The van der Waals surface area contributed by atoms with Crippen LogP contribution in [0.2, 0.25) is 0 Å². The van der Waals surface area contributed by atoms with Gasteiger partial charge in [0.15, 0.2) is 17.8 Å². The van der Waals surface area contributed by atoms with Crippen molar-refractivity contribution in [2.24, 2.45) is 11.8 Å². The lowest BCUT2D eigenvalue weighted by Gasteiger charge is -2.25. The summed E-state index contributed by atoms with van der Waals surface area (Å²) in [6, 6.07) is 0. The van der Waals surface area contributed by atoms with Gasteiger partial charge in [-0.05, 0) is 57.4 Å². The van der Waals surface area contributed by atoms with E-state index in [1.165, 1.54) is 5.57 Å². The molecule has 0 aromatic carbocycles. The van der Waals surface area contributed by atoms with E-state index >= 15 is 0 Å². The van der Waals surface area contributed by atoms with E-state index in [0.29, 0.717) is 5.76 Å². The van der Waals surface area contributed by atoms with Crippen LogP contribution >= 0.6 is 0 Å². The third-order valence-electron chi connectivity index (χ3n) is 5.00. The van der Waals surface area contributed by atoms with Crippen LogP contribution in [0.15, 0.2) is 47.3 Å². The lowest BCUT2D eigenvalue weighted by atomic mass is 9.94. The molecule has 0 fully saturated rings. The summed E-state index contributed by atoms with van der Waals surface area (Å²) in [5, 5.41) is 8.87. The number of Topliss-reactive ketones (excluding diaryl/α,β-unsaturated/α-hetero) is 1. The molecule has 1 N–H and O–H groups in total. The molecule has 150 valence electrons. The van der Waals surface area contributed by atoms with Crippen molar-refractivity contribution in [1.29, 1.82) is 0 Å². The molecule has 1 rings (SSSR count). The van der Waals surface area contributed by atoms with Crippen molar-refractivity contribution in [2.75, 3.05) is 6.61 Å². The fraction of sp³-hybridized carbons (Fsp3) is 0.565. The van der Waals surface area contributed by atoms with Gasteiger partial charge in [0.25, 0.3) is 0 Å². The summed E-state index contributed by atoms with van der Waals surface area (Å²) in [5.41, 5.74) is 2.32. The third-order valence-corrected chi connectivity index (χ3v) is 5.00. The number of ketones is 1. The van der Waals surface area contributed by atoms with Crippen LogP contribution in [0.5, 0.6) is 0 Å². The first kappa shape index (κ1) is 23.1. The Morgan fingerprint density at radius 2 is 2.04 bits per heavy atom. The van der Waals surface area contributed by atoms with Crippen molar-refractivity contribution in [3.8, 4) is 0 Å². The summed E-state index contributed by atoms with van der Waals surface area (Å²) in [6.45, 7) is 7.61. The Balaban J connectivity index is 2.35. The van der Waals surface area contributed by atoms with Crippen LogP contribution in [0.3, 0.4) is 0 Å². The maximum absolute atomic E-state index is 11.4. The number of carbonyl (C=O) groups is 2. The third kappa shape index (κ3) is 9.00. The zero-order valence-corrected chi connectivity index (χ0v) is 17.1. The Hall–Kier alpha value is -1.94. The smallest absolute Gasteiger partial charge is 0.184 e. The summed E-state index contributed by atoms with van der Waals surface area (Å²) in [6.07, 6.45) is 15.7. The number of ether oxygens (including phenoxy) is 1. The Labute approximate surface area is 163 Å². The van der Waals surface area contributed by atoms with Gasteiger partial charge in [0, 0.05) is 5.92 Å². The first-order valence-electron chi connectivity index (χ1n) is 9.83. The number of hydrogen-bond acceptors (Lipinski definition) is 4. The molecule has 0 radical (unpaired) electrons. The number of hydrogen-bond donors (Lipinski definition) is 1. The van der Waals surface area contributed by atoms with Gasteiger partial charge in [0.2, 0.25) is 0 Å². The molecule has 4 heteroatoms. The first-order valence-corrected chi connectivity index (χ1v) is 9.83. The molecular weight excluding hydrogens is 340 g/mol. The lowest BCUT2D eigenvalue weighted by Crippen LogP contribution is -2.19. The minimum Gasteiger partial charge on any atom is -0.487 e. The Morgan fingerprint density at radius 3 is 2.70 bits per heavy atom. The van der Waals surface area contributed by atoms with Gasteiger partial charge in [-0.3, -0.25) is 9.59 Å². The minimum atomic E-state index is -0.375. The zero-order chi connectivity index (χ0) is 20.2. The zero-order valence-electron chi connectivity index (χ0n) is 17.1. The van der Waals surface area contributed by atoms with Gasteiger partial charge in [-0.15, -0.1) is 0 Å². The highest BCUT2D eigenvalue weighted by atomic mass is 16.5. The molecular formula is C23H34O4. The van der Waals surface area contributed by atoms with E-state index < -0.39 is 0 Å². The largest absolute Gasteiger partial charge is 0.487 e. The average Bonchev–Trinajstić information content (AvgIpc) is 2.66. The number of rotatable bonds is 11. The van der Waals surface area contributed by atoms with Crippen molar-refractivity contribution in [3.05, 3.63) is 47.3 Å². The van der Waals surface area contributed by atoms with Crippen LogP contribution in [0.1, 0.15) is 59.8 Å². The Kier molecular flexibility index (Phi) is 10.6. The van der Waals surface area contributed by atoms with E-state index in [0.717, 1.165) is 44.0 Å². The Morgan fingerprint density at radius 1 is 1.30 bits per heavy atom. The fourth-order valence-electron chi connectivity index (χ4n) is 3.10. The quantitative estimate of drug-likeness (QED) is 0.420. The maximum Gasteiger partial charge on any atom is 0.184 e. The number of allylic oxidation sites excluding steroid dienone is 8. The molecule has 0 aromatic rings. The molecule has 0 bridgehead atoms. The summed E-state index contributed by atoms with van der Waals surface area (Å²) < 4.78 is 5.74. The molecule has 3 atom stereocenters. The monoisotopic (exact) mass is 374 g/mol. The van der Waals surface area contributed by atoms with Gasteiger partial charge in [-0.2, -0.15) is 0 Å². The van der Waals surface area contributed by atoms with E-state index in [9.17, 15) is 9.59 Å². The van der Waals surface area contributed by atoms with Gasteiger partial charge in [-0.1, -0.05) is 49.8 Å². The van der Waals surface area contributed by atoms with Crippen molar-refractivity contribution in [1.82, 2.24) is 0 Å². The van der Waals surface area contributed by atoms with E-state index in [2.05, 4.69) is 26.0 Å². The van der Waals surface area contributed by atoms with Crippen LogP contribution in [0, 0.1) is 11.8 Å². The van der Waals surface area contributed by atoms with E-state index in [-0.39, 0.29) is 30.3 Å². The van der Waals surface area contributed by atoms with Crippen molar-refractivity contribution in [2.45, 2.75) is 65.9 Å². The van der Waals surface area contributed by atoms with Crippen molar-refractivity contribution in [3.63, 3.8) is 0 Å². The van der Waals surface area contributed by atoms with E-state index in [1.807, 2.05) is 32.1 Å². The second kappa shape index (κ2) is 12.4. The number of aliphatic hydroxyl groups is 1. The molecule has 0 unspecified atom stereocenters. The molecule has 0 aliphatic carbocycles. The highest BCUT2D eigenvalue weighted by Gasteiger charge is 2.19. The highest BCUT2D eigenvalue weighted by Crippen LogP contribution is 2.25. The minimum absolute atomic E-state index is 0.0998. The maximum atomic E-state index is 11.4. The molecule has 0 spiro atoms. The lowest BCUT2D eigenvalue weighted by molar-refractivity contribution is -0.125. The second-order valence-electron chi connectivity index (χ2n) is 7.60. The molecule has 0 aromatic heterocycles. The number of aliphatic hydroxyl groups excluding tert-OH is 1. The molecule has 4 nitrogen and oxygen atoms in total. The molecule has 1 aliphatic heterocycles.